The maximum absolute atomic E-state index is 11.7. The van der Waals surface area contributed by atoms with Gasteiger partial charge in [0.25, 0.3) is 0 Å². The molecule has 0 bridgehead atoms. The van der Waals surface area contributed by atoms with E-state index in [4.69, 9.17) is 0 Å². The number of hydrogen-bond donors (Lipinski definition) is 3. The summed E-state index contributed by atoms with van der Waals surface area (Å²) in [5.41, 5.74) is 1.25. The van der Waals surface area contributed by atoms with Crippen molar-refractivity contribution in [1.29, 1.82) is 0 Å². The maximum atomic E-state index is 11.7. The predicted molar refractivity (Wildman–Crippen MR) is 80.8 cm³/mol. The SMILES string of the molecule is O=C(NCc1ccccc1)NS(=O)(=O)Nc1ccccc1. The second kappa shape index (κ2) is 6.76. The molecule has 2 amide bonds. The molecule has 0 radical (unpaired) electrons. The van der Waals surface area contributed by atoms with Crippen LogP contribution in [-0.4, -0.2) is 14.4 Å². The molecule has 0 aliphatic heterocycles. The second-order valence-corrected chi connectivity index (χ2v) is 5.66. The van der Waals surface area contributed by atoms with Crippen LogP contribution < -0.4 is 14.8 Å². The van der Waals surface area contributed by atoms with Gasteiger partial charge in [0.05, 0.1) is 5.69 Å². The number of urea groups is 1. The van der Waals surface area contributed by atoms with Crippen molar-refractivity contribution < 1.29 is 13.2 Å². The minimum absolute atomic E-state index is 0.244. The van der Waals surface area contributed by atoms with Crippen molar-refractivity contribution in [3.8, 4) is 0 Å². The van der Waals surface area contributed by atoms with E-state index in [2.05, 4.69) is 10.0 Å². The molecular formula is C14H15N3O3S. The van der Waals surface area contributed by atoms with E-state index in [1.807, 2.05) is 35.1 Å². The van der Waals surface area contributed by atoms with Gasteiger partial charge in [-0.1, -0.05) is 48.5 Å². The van der Waals surface area contributed by atoms with Crippen molar-refractivity contribution in [2.24, 2.45) is 0 Å². The molecule has 0 unspecified atom stereocenters. The van der Waals surface area contributed by atoms with Gasteiger partial charge in [-0.15, -0.1) is 0 Å². The highest BCUT2D eigenvalue weighted by atomic mass is 32.2. The van der Waals surface area contributed by atoms with Gasteiger partial charge in [0.15, 0.2) is 0 Å². The van der Waals surface area contributed by atoms with Crippen molar-refractivity contribution in [2.45, 2.75) is 6.54 Å². The number of para-hydroxylation sites is 1. The van der Waals surface area contributed by atoms with Gasteiger partial charge in [-0.3, -0.25) is 4.72 Å². The van der Waals surface area contributed by atoms with E-state index >= 15 is 0 Å². The summed E-state index contributed by atoms with van der Waals surface area (Å²) in [5.74, 6) is 0. The van der Waals surface area contributed by atoms with Crippen LogP contribution in [0.5, 0.6) is 0 Å². The lowest BCUT2D eigenvalue weighted by molar-refractivity contribution is 0.245. The standard InChI is InChI=1S/C14H15N3O3S/c18-14(15-11-12-7-3-1-4-8-12)17-21(19,20)16-13-9-5-2-6-10-13/h1-10,16H,11H2,(H2,15,17,18). The zero-order chi connectivity index (χ0) is 15.1. The Labute approximate surface area is 123 Å². The summed E-state index contributed by atoms with van der Waals surface area (Å²) >= 11 is 0. The van der Waals surface area contributed by atoms with Crippen molar-refractivity contribution >= 4 is 21.9 Å². The molecule has 2 aromatic rings. The number of benzene rings is 2. The van der Waals surface area contributed by atoms with Gasteiger partial charge in [0.1, 0.15) is 0 Å². The molecule has 2 aromatic carbocycles. The molecule has 110 valence electrons. The average molecular weight is 305 g/mol. The molecule has 0 saturated carbocycles. The highest BCUT2D eigenvalue weighted by Crippen LogP contribution is 2.06. The molecular weight excluding hydrogens is 290 g/mol. The Morgan fingerprint density at radius 2 is 1.48 bits per heavy atom. The molecule has 0 fully saturated rings. The summed E-state index contributed by atoms with van der Waals surface area (Å²) in [5, 5.41) is 2.47. The van der Waals surface area contributed by atoms with Crippen LogP contribution in [0, 0.1) is 0 Å². The fraction of sp³-hybridized carbons (Fsp3) is 0.0714. The molecule has 0 saturated heterocycles. The predicted octanol–water partition coefficient (Wildman–Crippen LogP) is 1.84. The Hall–Kier alpha value is -2.54. The Kier molecular flexibility index (Phi) is 4.78. The third-order valence-electron chi connectivity index (χ3n) is 2.55. The third-order valence-corrected chi connectivity index (χ3v) is 3.51. The Morgan fingerprint density at radius 1 is 0.905 bits per heavy atom. The minimum atomic E-state index is -3.95. The van der Waals surface area contributed by atoms with E-state index in [1.165, 1.54) is 0 Å². The smallest absolute Gasteiger partial charge is 0.330 e. The van der Waals surface area contributed by atoms with Crippen LogP contribution in [0.3, 0.4) is 0 Å². The Morgan fingerprint density at radius 3 is 2.10 bits per heavy atom. The number of hydrogen-bond acceptors (Lipinski definition) is 3. The lowest BCUT2D eigenvalue weighted by Crippen LogP contribution is -2.41. The first-order valence-corrected chi connectivity index (χ1v) is 7.71. The van der Waals surface area contributed by atoms with Gasteiger partial charge >= 0.3 is 16.2 Å². The third kappa shape index (κ3) is 5.15. The van der Waals surface area contributed by atoms with E-state index in [1.54, 1.807) is 30.3 Å². The fourth-order valence-corrected chi connectivity index (χ4v) is 2.44. The molecule has 21 heavy (non-hydrogen) atoms. The van der Waals surface area contributed by atoms with Crippen molar-refractivity contribution in [3.63, 3.8) is 0 Å². The highest BCUT2D eigenvalue weighted by molar-refractivity contribution is 7.91. The molecule has 0 spiro atoms. The van der Waals surface area contributed by atoms with E-state index in [9.17, 15) is 13.2 Å². The van der Waals surface area contributed by atoms with Crippen LogP contribution >= 0.6 is 0 Å². The molecule has 3 N–H and O–H groups in total. The number of nitrogens with one attached hydrogen (secondary N) is 3. The lowest BCUT2D eigenvalue weighted by Gasteiger charge is -2.10. The van der Waals surface area contributed by atoms with Gasteiger partial charge in [0.2, 0.25) is 0 Å². The van der Waals surface area contributed by atoms with Crippen LogP contribution in [0.1, 0.15) is 5.56 Å². The van der Waals surface area contributed by atoms with Gasteiger partial charge in [-0.05, 0) is 17.7 Å². The van der Waals surface area contributed by atoms with Crippen LogP contribution in [0.2, 0.25) is 0 Å². The van der Waals surface area contributed by atoms with E-state index in [-0.39, 0.29) is 6.54 Å². The van der Waals surface area contributed by atoms with Crippen molar-refractivity contribution in [3.05, 3.63) is 66.2 Å². The molecule has 0 atom stereocenters. The minimum Gasteiger partial charge on any atom is -0.333 e. The molecule has 6 nitrogen and oxygen atoms in total. The molecule has 0 heterocycles. The lowest BCUT2D eigenvalue weighted by atomic mass is 10.2. The number of carbonyl (C=O) groups is 1. The monoisotopic (exact) mass is 305 g/mol. The zero-order valence-electron chi connectivity index (χ0n) is 11.1. The zero-order valence-corrected chi connectivity index (χ0v) is 11.9. The fourth-order valence-electron chi connectivity index (χ4n) is 1.62. The van der Waals surface area contributed by atoms with Gasteiger partial charge in [0, 0.05) is 6.54 Å². The summed E-state index contributed by atoms with van der Waals surface area (Å²) in [6.45, 7) is 0.244. The normalized spacial score (nSPS) is 10.7. The number of rotatable bonds is 5. The average Bonchev–Trinajstić information content (AvgIpc) is 2.46. The van der Waals surface area contributed by atoms with Crippen LogP contribution in [0.15, 0.2) is 60.7 Å². The maximum Gasteiger partial charge on any atom is 0.330 e. The van der Waals surface area contributed by atoms with Crippen LogP contribution in [-0.2, 0) is 16.8 Å². The van der Waals surface area contributed by atoms with Gasteiger partial charge in [-0.2, -0.15) is 8.42 Å². The molecule has 7 heteroatoms. The van der Waals surface area contributed by atoms with Crippen LogP contribution in [0.25, 0.3) is 0 Å². The summed E-state index contributed by atoms with van der Waals surface area (Å²) in [4.78, 5) is 11.6. The quantitative estimate of drug-likeness (QED) is 0.787. The molecule has 0 aliphatic rings. The van der Waals surface area contributed by atoms with Crippen molar-refractivity contribution in [1.82, 2.24) is 10.0 Å². The number of amides is 2. The molecule has 0 aromatic heterocycles. The number of anilines is 1. The topological polar surface area (TPSA) is 87.3 Å². The first-order chi connectivity index (χ1) is 10.1. The highest BCUT2D eigenvalue weighted by Gasteiger charge is 2.13. The van der Waals surface area contributed by atoms with E-state index < -0.39 is 16.2 Å². The molecule has 2 rings (SSSR count). The summed E-state index contributed by atoms with van der Waals surface area (Å²) in [7, 11) is -3.95. The first-order valence-electron chi connectivity index (χ1n) is 6.22. The van der Waals surface area contributed by atoms with Crippen molar-refractivity contribution in [2.75, 3.05) is 4.72 Å². The first kappa shape index (κ1) is 14.9. The van der Waals surface area contributed by atoms with Crippen LogP contribution in [0.4, 0.5) is 10.5 Å². The van der Waals surface area contributed by atoms with Gasteiger partial charge in [-0.25, -0.2) is 9.52 Å². The Bertz CT molecular complexity index is 688. The van der Waals surface area contributed by atoms with E-state index in [0.29, 0.717) is 5.69 Å². The second-order valence-electron chi connectivity index (χ2n) is 4.24. The number of carbonyl (C=O) groups excluding carboxylic acids is 1. The summed E-state index contributed by atoms with van der Waals surface area (Å²) < 4.78 is 27.6. The van der Waals surface area contributed by atoms with Gasteiger partial charge < -0.3 is 5.32 Å². The molecule has 0 aliphatic carbocycles. The Balaban J connectivity index is 1.87. The summed E-state index contributed by atoms with van der Waals surface area (Å²) in [6.07, 6.45) is 0. The summed E-state index contributed by atoms with van der Waals surface area (Å²) in [6, 6.07) is 16.7. The van der Waals surface area contributed by atoms with E-state index in [0.717, 1.165) is 5.56 Å². The largest absolute Gasteiger partial charge is 0.333 e.